The van der Waals surface area contributed by atoms with E-state index in [0.717, 1.165) is 19.3 Å². The normalized spacial score (nSPS) is 18.1. The van der Waals surface area contributed by atoms with Crippen molar-refractivity contribution in [3.05, 3.63) is 47.0 Å². The number of amides is 1. The van der Waals surface area contributed by atoms with E-state index in [2.05, 4.69) is 5.32 Å². The fraction of sp³-hybridized carbons (Fsp3) is 0.435. The highest BCUT2D eigenvalue weighted by Gasteiger charge is 2.29. The molecule has 0 radical (unpaired) electrons. The van der Waals surface area contributed by atoms with Gasteiger partial charge in [-0.25, -0.2) is 16.8 Å². The van der Waals surface area contributed by atoms with Gasteiger partial charge in [0.2, 0.25) is 20.0 Å². The zero-order valence-electron chi connectivity index (χ0n) is 19.8. The van der Waals surface area contributed by atoms with E-state index in [0.29, 0.717) is 26.3 Å². The van der Waals surface area contributed by atoms with Gasteiger partial charge in [-0.15, -0.1) is 0 Å². The van der Waals surface area contributed by atoms with E-state index in [9.17, 15) is 21.6 Å². The zero-order valence-corrected chi connectivity index (χ0v) is 22.2. The standard InChI is InChI=1S/C23H28ClN3O7S2/c1-33-22-8-6-18(36(31,32)27-11-13-34-14-12-27)16-21(22)25-23(28)19-15-17(5-7-20(19)24)35(29,30)26-9-3-2-4-10-26/h5-8,15-16H,2-4,9-14H2,1H3,(H,25,28). The van der Waals surface area contributed by atoms with Crippen molar-refractivity contribution in [2.45, 2.75) is 29.1 Å². The maximum Gasteiger partial charge on any atom is 0.257 e. The van der Waals surface area contributed by atoms with Gasteiger partial charge in [-0.2, -0.15) is 8.61 Å². The number of carbonyl (C=O) groups excluding carboxylic acids is 1. The molecule has 0 unspecified atom stereocenters. The molecule has 0 saturated carbocycles. The van der Waals surface area contributed by atoms with Crippen LogP contribution >= 0.6 is 11.6 Å². The Morgan fingerprint density at radius 3 is 2.11 bits per heavy atom. The van der Waals surface area contributed by atoms with Crippen LogP contribution in [0.1, 0.15) is 29.6 Å². The van der Waals surface area contributed by atoms with Gasteiger partial charge in [-0.1, -0.05) is 18.0 Å². The maximum absolute atomic E-state index is 13.2. The Morgan fingerprint density at radius 2 is 1.47 bits per heavy atom. The average molecular weight is 558 g/mol. The smallest absolute Gasteiger partial charge is 0.257 e. The lowest BCUT2D eigenvalue weighted by molar-refractivity contribution is 0.0730. The summed E-state index contributed by atoms with van der Waals surface area (Å²) in [5, 5.41) is 2.68. The van der Waals surface area contributed by atoms with E-state index in [4.69, 9.17) is 21.1 Å². The number of morpholine rings is 1. The van der Waals surface area contributed by atoms with Crippen molar-refractivity contribution in [2.75, 3.05) is 51.8 Å². The molecule has 4 rings (SSSR count). The number of rotatable bonds is 7. The van der Waals surface area contributed by atoms with E-state index in [1.807, 2.05) is 0 Å². The summed E-state index contributed by atoms with van der Waals surface area (Å²) < 4.78 is 65.6. The van der Waals surface area contributed by atoms with Gasteiger partial charge in [0.1, 0.15) is 5.75 Å². The van der Waals surface area contributed by atoms with E-state index < -0.39 is 26.0 Å². The quantitative estimate of drug-likeness (QED) is 0.555. The largest absolute Gasteiger partial charge is 0.495 e. The number of benzene rings is 2. The summed E-state index contributed by atoms with van der Waals surface area (Å²) in [5.41, 5.74) is 0.0513. The van der Waals surface area contributed by atoms with Crippen molar-refractivity contribution in [2.24, 2.45) is 0 Å². The molecule has 1 N–H and O–H groups in total. The molecule has 2 heterocycles. The summed E-state index contributed by atoms with van der Waals surface area (Å²) in [6.07, 6.45) is 2.54. The van der Waals surface area contributed by atoms with Gasteiger partial charge in [0.15, 0.2) is 0 Å². The lowest BCUT2D eigenvalue weighted by atomic mass is 10.2. The minimum atomic E-state index is -3.82. The average Bonchev–Trinajstić information content (AvgIpc) is 2.89. The predicted octanol–water partition coefficient (Wildman–Crippen LogP) is 2.80. The number of halogens is 1. The van der Waals surface area contributed by atoms with E-state index in [1.165, 1.54) is 52.1 Å². The number of methoxy groups -OCH3 is 1. The van der Waals surface area contributed by atoms with Crippen LogP contribution in [0.4, 0.5) is 5.69 Å². The van der Waals surface area contributed by atoms with Gasteiger partial charge in [0, 0.05) is 26.2 Å². The molecular weight excluding hydrogens is 530 g/mol. The number of anilines is 1. The molecule has 10 nitrogen and oxygen atoms in total. The number of nitrogens with one attached hydrogen (secondary N) is 1. The number of nitrogens with zero attached hydrogens (tertiary/aromatic N) is 2. The molecule has 0 atom stereocenters. The molecule has 0 spiro atoms. The third-order valence-electron chi connectivity index (χ3n) is 6.16. The van der Waals surface area contributed by atoms with Crippen molar-refractivity contribution in [1.82, 2.24) is 8.61 Å². The summed E-state index contributed by atoms with van der Waals surface area (Å²) in [6, 6.07) is 8.13. The Labute approximate surface area is 216 Å². The van der Waals surface area contributed by atoms with Crippen LogP contribution < -0.4 is 10.1 Å². The molecule has 0 aliphatic carbocycles. The third kappa shape index (κ3) is 5.53. The Bertz CT molecular complexity index is 1340. The highest BCUT2D eigenvalue weighted by molar-refractivity contribution is 7.89. The monoisotopic (exact) mass is 557 g/mol. The number of hydrogen-bond acceptors (Lipinski definition) is 7. The molecule has 2 aliphatic rings. The molecule has 2 aliphatic heterocycles. The maximum atomic E-state index is 13.2. The van der Waals surface area contributed by atoms with E-state index in [1.54, 1.807) is 0 Å². The Kier molecular flexibility index (Phi) is 8.22. The van der Waals surface area contributed by atoms with Crippen LogP contribution in [-0.4, -0.2) is 77.9 Å². The SMILES string of the molecule is COc1ccc(S(=O)(=O)N2CCOCC2)cc1NC(=O)c1cc(S(=O)(=O)N2CCCCC2)ccc1Cl. The minimum absolute atomic E-state index is 0.0203. The van der Waals surface area contributed by atoms with Gasteiger partial charge in [0.05, 0.1) is 46.4 Å². The molecule has 0 bridgehead atoms. The lowest BCUT2D eigenvalue weighted by Crippen LogP contribution is -2.40. The topological polar surface area (TPSA) is 122 Å². The zero-order chi connectivity index (χ0) is 25.9. The first-order valence-electron chi connectivity index (χ1n) is 11.5. The number of hydrogen-bond donors (Lipinski definition) is 1. The van der Waals surface area contributed by atoms with Crippen LogP contribution in [0.5, 0.6) is 5.75 Å². The highest BCUT2D eigenvalue weighted by Crippen LogP contribution is 2.31. The Hall–Kier alpha value is -2.22. The van der Waals surface area contributed by atoms with Gasteiger partial charge < -0.3 is 14.8 Å². The molecule has 2 saturated heterocycles. The molecule has 0 aromatic heterocycles. The number of piperidine rings is 1. The summed E-state index contributed by atoms with van der Waals surface area (Å²) in [5.74, 6) is -0.465. The molecule has 2 aromatic carbocycles. The fourth-order valence-electron chi connectivity index (χ4n) is 4.16. The van der Waals surface area contributed by atoms with Gasteiger partial charge >= 0.3 is 0 Å². The summed E-state index contributed by atoms with van der Waals surface area (Å²) in [4.78, 5) is 13.1. The second-order valence-corrected chi connectivity index (χ2v) is 12.7. The Balaban J connectivity index is 1.63. The van der Waals surface area contributed by atoms with Crippen molar-refractivity contribution in [3.63, 3.8) is 0 Å². The van der Waals surface area contributed by atoms with Gasteiger partial charge in [-0.3, -0.25) is 4.79 Å². The van der Waals surface area contributed by atoms with Crippen LogP contribution in [0.2, 0.25) is 5.02 Å². The highest BCUT2D eigenvalue weighted by atomic mass is 35.5. The number of carbonyl (C=O) groups is 1. The number of ether oxygens (including phenoxy) is 2. The minimum Gasteiger partial charge on any atom is -0.495 e. The molecule has 2 aromatic rings. The van der Waals surface area contributed by atoms with Crippen LogP contribution in [-0.2, 0) is 24.8 Å². The first kappa shape index (κ1) is 26.8. The summed E-state index contributed by atoms with van der Waals surface area (Å²) >= 11 is 6.26. The van der Waals surface area contributed by atoms with Crippen LogP contribution in [0.25, 0.3) is 0 Å². The third-order valence-corrected chi connectivity index (χ3v) is 10.3. The molecule has 2 fully saturated rings. The van der Waals surface area contributed by atoms with Crippen molar-refractivity contribution in [3.8, 4) is 5.75 Å². The van der Waals surface area contributed by atoms with Gasteiger partial charge in [0.25, 0.3) is 5.91 Å². The first-order valence-corrected chi connectivity index (χ1v) is 14.8. The van der Waals surface area contributed by atoms with E-state index >= 15 is 0 Å². The summed E-state index contributed by atoms with van der Waals surface area (Å²) in [6.45, 7) is 1.90. The van der Waals surface area contributed by atoms with Crippen molar-refractivity contribution < 1.29 is 31.1 Å². The lowest BCUT2D eigenvalue weighted by Gasteiger charge is -2.26. The van der Waals surface area contributed by atoms with Crippen molar-refractivity contribution in [1.29, 1.82) is 0 Å². The molecular formula is C23H28ClN3O7S2. The van der Waals surface area contributed by atoms with Crippen molar-refractivity contribution >= 4 is 43.2 Å². The number of sulfonamides is 2. The molecule has 196 valence electrons. The van der Waals surface area contributed by atoms with Crippen LogP contribution in [0, 0.1) is 0 Å². The molecule has 36 heavy (non-hydrogen) atoms. The second kappa shape index (κ2) is 11.0. The molecule has 1 amide bonds. The van der Waals surface area contributed by atoms with Crippen LogP contribution in [0.15, 0.2) is 46.2 Å². The fourth-order valence-corrected chi connectivity index (χ4v) is 7.35. The summed E-state index contributed by atoms with van der Waals surface area (Å²) in [7, 11) is -6.22. The molecule has 13 heteroatoms. The Morgan fingerprint density at radius 1 is 0.889 bits per heavy atom. The van der Waals surface area contributed by atoms with Crippen LogP contribution in [0.3, 0.4) is 0 Å². The van der Waals surface area contributed by atoms with E-state index in [-0.39, 0.29) is 44.9 Å². The van der Waals surface area contributed by atoms with Gasteiger partial charge in [-0.05, 0) is 49.2 Å². The second-order valence-electron chi connectivity index (χ2n) is 8.44. The first-order chi connectivity index (χ1) is 17.1. The predicted molar refractivity (Wildman–Crippen MR) is 135 cm³/mol.